The van der Waals surface area contributed by atoms with Crippen molar-refractivity contribution in [2.75, 3.05) is 19.4 Å². The maximum atomic E-state index is 13.7. The van der Waals surface area contributed by atoms with E-state index in [1.54, 1.807) is 23.9 Å². The predicted molar refractivity (Wildman–Crippen MR) is 83.4 cm³/mol. The third kappa shape index (κ3) is 3.54. The highest BCUT2D eigenvalue weighted by molar-refractivity contribution is 7.73. The molecule has 0 aliphatic heterocycles. The van der Waals surface area contributed by atoms with Crippen LogP contribution >= 0.6 is 35.2 Å². The van der Waals surface area contributed by atoms with Gasteiger partial charge in [0.25, 0.3) is 0 Å². The fourth-order valence-electron chi connectivity index (χ4n) is 1.73. The van der Waals surface area contributed by atoms with Crippen LogP contribution in [0.3, 0.4) is 0 Å². The summed E-state index contributed by atoms with van der Waals surface area (Å²) < 4.78 is 16.1. The van der Waals surface area contributed by atoms with E-state index in [4.69, 9.17) is 23.8 Å². The van der Waals surface area contributed by atoms with Crippen LogP contribution in [0.5, 0.6) is 0 Å². The van der Waals surface area contributed by atoms with E-state index in [0.29, 0.717) is 27.8 Å². The molecule has 20 heavy (non-hydrogen) atoms. The second-order valence-electron chi connectivity index (χ2n) is 4.28. The van der Waals surface area contributed by atoms with Gasteiger partial charge >= 0.3 is 0 Å². The van der Waals surface area contributed by atoms with Crippen LogP contribution in [0.2, 0.25) is 5.02 Å². The molecule has 0 aliphatic rings. The molecule has 1 heterocycles. The maximum absolute atomic E-state index is 13.7. The summed E-state index contributed by atoms with van der Waals surface area (Å²) in [6, 6.07) is 4.68. The van der Waals surface area contributed by atoms with Crippen molar-refractivity contribution in [2.24, 2.45) is 0 Å². The van der Waals surface area contributed by atoms with Gasteiger partial charge in [-0.05, 0) is 31.4 Å². The van der Waals surface area contributed by atoms with E-state index in [-0.39, 0.29) is 5.82 Å². The standard InChI is InChI=1S/C12H14ClFN4S2/c1-15-11-16-18(12(19)20-11)7-17(2)6-8-9(13)4-3-5-10(8)14/h3-5H,6-7H2,1-2H3,(H,15,16). The minimum Gasteiger partial charge on any atom is -0.363 e. The Kier molecular flexibility index (Phi) is 5.09. The first kappa shape index (κ1) is 15.4. The third-order valence-corrected chi connectivity index (χ3v) is 4.36. The Morgan fingerprint density at radius 3 is 2.90 bits per heavy atom. The van der Waals surface area contributed by atoms with E-state index < -0.39 is 0 Å². The highest BCUT2D eigenvalue weighted by atomic mass is 35.5. The quantitative estimate of drug-likeness (QED) is 0.848. The predicted octanol–water partition coefficient (Wildman–Crippen LogP) is 3.60. The molecule has 2 rings (SSSR count). The van der Waals surface area contributed by atoms with Crippen molar-refractivity contribution in [3.63, 3.8) is 0 Å². The van der Waals surface area contributed by atoms with E-state index >= 15 is 0 Å². The van der Waals surface area contributed by atoms with Gasteiger partial charge in [0.1, 0.15) is 5.82 Å². The van der Waals surface area contributed by atoms with Gasteiger partial charge in [0.05, 0.1) is 6.67 Å². The van der Waals surface area contributed by atoms with Crippen LogP contribution in [-0.4, -0.2) is 28.8 Å². The molecule has 1 aromatic carbocycles. The second-order valence-corrected chi connectivity index (χ2v) is 6.31. The van der Waals surface area contributed by atoms with Gasteiger partial charge in [0.15, 0.2) is 3.95 Å². The van der Waals surface area contributed by atoms with Crippen LogP contribution in [0, 0.1) is 9.77 Å². The van der Waals surface area contributed by atoms with E-state index in [0.717, 1.165) is 5.13 Å². The minimum atomic E-state index is -0.304. The van der Waals surface area contributed by atoms with Crippen molar-refractivity contribution in [3.05, 3.63) is 38.6 Å². The Balaban J connectivity index is 2.11. The topological polar surface area (TPSA) is 33.1 Å². The van der Waals surface area contributed by atoms with Crippen molar-refractivity contribution < 1.29 is 4.39 Å². The lowest BCUT2D eigenvalue weighted by atomic mass is 10.2. The number of nitrogens with zero attached hydrogens (tertiary/aromatic N) is 3. The molecule has 108 valence electrons. The molecule has 1 N–H and O–H groups in total. The molecular formula is C12H14ClFN4S2. The number of nitrogens with one attached hydrogen (secondary N) is 1. The molecule has 0 unspecified atom stereocenters. The van der Waals surface area contributed by atoms with Crippen LogP contribution in [0.15, 0.2) is 18.2 Å². The van der Waals surface area contributed by atoms with Crippen molar-refractivity contribution >= 4 is 40.3 Å². The molecule has 0 fully saturated rings. The fourth-order valence-corrected chi connectivity index (χ4v) is 2.90. The van der Waals surface area contributed by atoms with E-state index in [1.165, 1.54) is 17.4 Å². The molecule has 1 aromatic heterocycles. The van der Waals surface area contributed by atoms with Crippen LogP contribution in [-0.2, 0) is 13.2 Å². The Hall–Kier alpha value is -1.02. The average Bonchev–Trinajstić information content (AvgIpc) is 2.75. The summed E-state index contributed by atoms with van der Waals surface area (Å²) in [6.07, 6.45) is 0. The van der Waals surface area contributed by atoms with Crippen LogP contribution < -0.4 is 5.32 Å². The molecule has 0 saturated carbocycles. The van der Waals surface area contributed by atoms with Crippen molar-refractivity contribution in [2.45, 2.75) is 13.2 Å². The van der Waals surface area contributed by atoms with Gasteiger partial charge in [-0.3, -0.25) is 4.90 Å². The first-order chi connectivity index (χ1) is 9.51. The van der Waals surface area contributed by atoms with Crippen LogP contribution in [0.1, 0.15) is 5.56 Å². The highest BCUT2D eigenvalue weighted by Crippen LogP contribution is 2.21. The molecule has 0 saturated heterocycles. The third-order valence-electron chi connectivity index (χ3n) is 2.69. The highest BCUT2D eigenvalue weighted by Gasteiger charge is 2.11. The van der Waals surface area contributed by atoms with Crippen LogP contribution in [0.25, 0.3) is 0 Å². The Bertz CT molecular complexity index is 635. The number of rotatable bonds is 5. The lowest BCUT2D eigenvalue weighted by Crippen LogP contribution is -2.23. The molecule has 0 spiro atoms. The average molecular weight is 333 g/mol. The van der Waals surface area contributed by atoms with E-state index in [1.807, 2.05) is 11.9 Å². The first-order valence-electron chi connectivity index (χ1n) is 5.88. The molecule has 2 aromatic rings. The number of aromatic nitrogens is 2. The summed E-state index contributed by atoms with van der Waals surface area (Å²) in [4.78, 5) is 1.90. The monoisotopic (exact) mass is 332 g/mol. The fraction of sp³-hybridized carbons (Fsp3) is 0.333. The van der Waals surface area contributed by atoms with Crippen molar-refractivity contribution in [1.29, 1.82) is 0 Å². The largest absolute Gasteiger partial charge is 0.363 e. The SMILES string of the molecule is CNc1nn(CN(C)Cc2c(F)cccc2Cl)c(=S)s1. The summed E-state index contributed by atoms with van der Waals surface area (Å²) in [5.74, 6) is -0.304. The summed E-state index contributed by atoms with van der Waals surface area (Å²) in [7, 11) is 3.66. The Morgan fingerprint density at radius 1 is 1.55 bits per heavy atom. The van der Waals surface area contributed by atoms with Gasteiger partial charge in [-0.2, -0.15) is 0 Å². The van der Waals surface area contributed by atoms with E-state index in [9.17, 15) is 4.39 Å². The second kappa shape index (κ2) is 6.62. The number of halogens is 2. The summed E-state index contributed by atoms with van der Waals surface area (Å²) in [5, 5.41) is 8.44. The first-order valence-corrected chi connectivity index (χ1v) is 7.48. The molecular weight excluding hydrogens is 319 g/mol. The Morgan fingerprint density at radius 2 is 2.30 bits per heavy atom. The zero-order chi connectivity index (χ0) is 14.7. The molecule has 0 amide bonds. The molecule has 0 radical (unpaired) electrons. The normalized spacial score (nSPS) is 11.1. The maximum Gasteiger partial charge on any atom is 0.204 e. The lowest BCUT2D eigenvalue weighted by Gasteiger charge is -2.17. The molecule has 4 nitrogen and oxygen atoms in total. The smallest absolute Gasteiger partial charge is 0.204 e. The number of anilines is 1. The van der Waals surface area contributed by atoms with Gasteiger partial charge in [-0.1, -0.05) is 29.0 Å². The molecule has 0 bridgehead atoms. The summed E-state index contributed by atoms with van der Waals surface area (Å²) in [6.45, 7) is 0.862. The number of hydrogen-bond acceptors (Lipinski definition) is 5. The van der Waals surface area contributed by atoms with Gasteiger partial charge < -0.3 is 5.32 Å². The molecule has 0 atom stereocenters. The van der Waals surface area contributed by atoms with Gasteiger partial charge in [0.2, 0.25) is 5.13 Å². The summed E-state index contributed by atoms with van der Waals surface area (Å²) >= 11 is 12.6. The zero-order valence-electron chi connectivity index (χ0n) is 11.1. The molecule has 0 aliphatic carbocycles. The van der Waals surface area contributed by atoms with E-state index in [2.05, 4.69) is 10.4 Å². The number of benzene rings is 1. The lowest BCUT2D eigenvalue weighted by molar-refractivity contribution is 0.242. The Labute approximate surface area is 130 Å². The van der Waals surface area contributed by atoms with Crippen LogP contribution in [0.4, 0.5) is 9.52 Å². The van der Waals surface area contributed by atoms with Gasteiger partial charge in [-0.15, -0.1) is 5.10 Å². The van der Waals surface area contributed by atoms with Gasteiger partial charge in [-0.25, -0.2) is 9.07 Å². The minimum absolute atomic E-state index is 0.304. The number of hydrogen-bond donors (Lipinski definition) is 1. The van der Waals surface area contributed by atoms with Crippen molar-refractivity contribution in [1.82, 2.24) is 14.7 Å². The van der Waals surface area contributed by atoms with Crippen molar-refractivity contribution in [3.8, 4) is 0 Å². The zero-order valence-corrected chi connectivity index (χ0v) is 13.4. The molecule has 8 heteroatoms. The van der Waals surface area contributed by atoms with Gasteiger partial charge in [0, 0.05) is 24.2 Å². The summed E-state index contributed by atoms with van der Waals surface area (Å²) in [5.41, 5.74) is 0.479.